The lowest BCUT2D eigenvalue weighted by molar-refractivity contribution is 0.297. The van der Waals surface area contributed by atoms with Crippen LogP contribution in [-0.2, 0) is 0 Å². The van der Waals surface area contributed by atoms with E-state index in [-0.39, 0.29) is 6.61 Å². The number of rotatable bonds is 4. The highest BCUT2D eigenvalue weighted by molar-refractivity contribution is 6.30. The molecule has 0 saturated heterocycles. The van der Waals surface area contributed by atoms with Crippen LogP contribution in [0.4, 0.5) is 11.5 Å². The van der Waals surface area contributed by atoms with E-state index in [1.54, 1.807) is 12.3 Å². The summed E-state index contributed by atoms with van der Waals surface area (Å²) >= 11 is 5.85. The lowest BCUT2D eigenvalue weighted by Crippen LogP contribution is -2.36. The monoisotopic (exact) mass is 255 g/mol. The van der Waals surface area contributed by atoms with Gasteiger partial charge in [0.05, 0.1) is 17.3 Å². The third-order valence-corrected chi connectivity index (χ3v) is 3.45. The smallest absolute Gasteiger partial charge is 0.152 e. The molecule has 1 fully saturated rings. The first-order valence-corrected chi connectivity index (χ1v) is 6.38. The van der Waals surface area contributed by atoms with Crippen LogP contribution in [-0.4, -0.2) is 29.3 Å². The number of hydrogen-bond acceptors (Lipinski definition) is 4. The number of aliphatic hydroxyl groups excluding tert-OH is 1. The van der Waals surface area contributed by atoms with Gasteiger partial charge in [-0.2, -0.15) is 0 Å². The Hall–Kier alpha value is -1.00. The van der Waals surface area contributed by atoms with E-state index in [1.807, 2.05) is 0 Å². The summed E-state index contributed by atoms with van der Waals surface area (Å²) in [4.78, 5) is 6.41. The summed E-state index contributed by atoms with van der Waals surface area (Å²) < 4.78 is 0. The Balaban J connectivity index is 2.24. The van der Waals surface area contributed by atoms with Crippen LogP contribution in [0.5, 0.6) is 0 Å². The van der Waals surface area contributed by atoms with E-state index in [1.165, 1.54) is 12.8 Å². The van der Waals surface area contributed by atoms with Gasteiger partial charge in [0.2, 0.25) is 0 Å². The third kappa shape index (κ3) is 2.82. The average Bonchev–Trinajstić information content (AvgIpc) is 2.80. The van der Waals surface area contributed by atoms with Gasteiger partial charge in [0.25, 0.3) is 0 Å². The summed E-state index contributed by atoms with van der Waals surface area (Å²) in [5.74, 6) is 0.746. The zero-order chi connectivity index (χ0) is 12.3. The van der Waals surface area contributed by atoms with Gasteiger partial charge in [0, 0.05) is 18.8 Å². The molecule has 0 unspecified atom stereocenters. The molecule has 1 aliphatic rings. The molecule has 0 atom stereocenters. The lowest BCUT2D eigenvalue weighted by Gasteiger charge is -2.30. The van der Waals surface area contributed by atoms with Crippen molar-refractivity contribution in [2.75, 3.05) is 23.8 Å². The van der Waals surface area contributed by atoms with Gasteiger partial charge in [0.1, 0.15) is 0 Å². The summed E-state index contributed by atoms with van der Waals surface area (Å²) in [6.45, 7) is 0.684. The van der Waals surface area contributed by atoms with Crippen molar-refractivity contribution in [2.24, 2.45) is 0 Å². The van der Waals surface area contributed by atoms with Gasteiger partial charge >= 0.3 is 0 Å². The molecule has 1 saturated carbocycles. The number of nitrogen functional groups attached to an aromatic ring is 1. The fraction of sp³-hybridized carbons (Fsp3) is 0.583. The Bertz CT molecular complexity index is 380. The van der Waals surface area contributed by atoms with E-state index < -0.39 is 0 Å². The molecule has 0 aromatic carbocycles. The summed E-state index contributed by atoms with van der Waals surface area (Å²) in [5.41, 5.74) is 6.53. The van der Waals surface area contributed by atoms with Crippen LogP contribution < -0.4 is 10.6 Å². The number of aromatic nitrogens is 1. The molecular weight excluding hydrogens is 238 g/mol. The van der Waals surface area contributed by atoms with Crippen molar-refractivity contribution in [3.8, 4) is 0 Å². The van der Waals surface area contributed by atoms with Gasteiger partial charge in [-0.15, -0.1) is 0 Å². The first kappa shape index (κ1) is 12.5. The largest absolute Gasteiger partial charge is 0.396 e. The fourth-order valence-electron chi connectivity index (χ4n) is 2.47. The first-order chi connectivity index (χ1) is 8.22. The molecule has 2 rings (SSSR count). The molecule has 0 spiro atoms. The molecule has 0 radical (unpaired) electrons. The Morgan fingerprint density at radius 2 is 2.18 bits per heavy atom. The molecule has 17 heavy (non-hydrogen) atoms. The maximum absolute atomic E-state index is 9.17. The zero-order valence-electron chi connectivity index (χ0n) is 9.77. The van der Waals surface area contributed by atoms with Crippen LogP contribution in [0.2, 0.25) is 5.02 Å². The topological polar surface area (TPSA) is 62.4 Å². The predicted octanol–water partition coefficient (Wildman–Crippen LogP) is 2.06. The van der Waals surface area contributed by atoms with E-state index in [4.69, 9.17) is 22.4 Å². The summed E-state index contributed by atoms with van der Waals surface area (Å²) in [5, 5.41) is 9.71. The van der Waals surface area contributed by atoms with E-state index in [2.05, 4.69) is 9.88 Å². The Labute approximate surface area is 106 Å². The number of nitrogens with zero attached hydrogens (tertiary/aromatic N) is 2. The fourth-order valence-corrected chi connectivity index (χ4v) is 2.64. The highest BCUT2D eigenvalue weighted by Gasteiger charge is 2.24. The number of anilines is 2. The van der Waals surface area contributed by atoms with E-state index >= 15 is 0 Å². The molecule has 1 heterocycles. The molecule has 0 bridgehead atoms. The molecule has 1 aromatic heterocycles. The van der Waals surface area contributed by atoms with Crippen molar-refractivity contribution in [1.29, 1.82) is 0 Å². The van der Waals surface area contributed by atoms with Crippen molar-refractivity contribution in [1.82, 2.24) is 4.98 Å². The van der Waals surface area contributed by atoms with Gasteiger partial charge in [0.15, 0.2) is 5.82 Å². The molecule has 0 amide bonds. The normalized spacial score (nSPS) is 16.4. The number of nitrogens with two attached hydrogens (primary N) is 1. The van der Waals surface area contributed by atoms with E-state index in [9.17, 15) is 0 Å². The number of hydrogen-bond donors (Lipinski definition) is 2. The number of halogens is 1. The van der Waals surface area contributed by atoms with Crippen LogP contribution >= 0.6 is 11.6 Å². The molecule has 5 heteroatoms. The molecule has 94 valence electrons. The Morgan fingerprint density at radius 1 is 1.47 bits per heavy atom. The van der Waals surface area contributed by atoms with Crippen LogP contribution in [0.15, 0.2) is 12.3 Å². The maximum Gasteiger partial charge on any atom is 0.152 e. The second-order valence-corrected chi connectivity index (χ2v) is 4.86. The number of pyridine rings is 1. The Morgan fingerprint density at radius 3 is 2.76 bits per heavy atom. The van der Waals surface area contributed by atoms with E-state index in [0.717, 1.165) is 18.7 Å². The van der Waals surface area contributed by atoms with Crippen molar-refractivity contribution < 1.29 is 5.11 Å². The van der Waals surface area contributed by atoms with Crippen molar-refractivity contribution in [3.05, 3.63) is 17.3 Å². The molecule has 1 aliphatic carbocycles. The first-order valence-electron chi connectivity index (χ1n) is 6.01. The molecule has 1 aromatic rings. The molecular formula is C12H18ClN3O. The Kier molecular flexibility index (Phi) is 4.07. The maximum atomic E-state index is 9.17. The van der Waals surface area contributed by atoms with Crippen molar-refractivity contribution >= 4 is 23.1 Å². The summed E-state index contributed by atoms with van der Waals surface area (Å²) in [7, 11) is 0. The van der Waals surface area contributed by atoms with Gasteiger partial charge < -0.3 is 15.7 Å². The highest BCUT2D eigenvalue weighted by atomic mass is 35.5. The average molecular weight is 256 g/mol. The zero-order valence-corrected chi connectivity index (χ0v) is 10.5. The quantitative estimate of drug-likeness (QED) is 0.865. The minimum Gasteiger partial charge on any atom is -0.396 e. The van der Waals surface area contributed by atoms with Gasteiger partial charge in [-0.1, -0.05) is 24.4 Å². The van der Waals surface area contributed by atoms with Crippen LogP contribution in [0.1, 0.15) is 25.7 Å². The third-order valence-electron chi connectivity index (χ3n) is 3.24. The van der Waals surface area contributed by atoms with Gasteiger partial charge in [-0.25, -0.2) is 4.98 Å². The van der Waals surface area contributed by atoms with Gasteiger partial charge in [-0.05, 0) is 18.9 Å². The molecule has 4 nitrogen and oxygen atoms in total. The SMILES string of the molecule is Nc1cc(Cl)cnc1N(CCO)C1CCCC1. The summed E-state index contributed by atoms with van der Waals surface area (Å²) in [6.07, 6.45) is 6.36. The standard InChI is InChI=1S/C12H18ClN3O/c13-9-7-11(14)12(15-8-9)16(5-6-17)10-3-1-2-4-10/h7-8,10,17H,1-6,14H2. The molecule has 0 aliphatic heterocycles. The van der Waals surface area contributed by atoms with Crippen molar-refractivity contribution in [2.45, 2.75) is 31.7 Å². The predicted molar refractivity (Wildman–Crippen MR) is 70.3 cm³/mol. The second-order valence-electron chi connectivity index (χ2n) is 4.42. The van der Waals surface area contributed by atoms with E-state index in [0.29, 0.717) is 23.3 Å². The highest BCUT2D eigenvalue weighted by Crippen LogP contribution is 2.31. The molecule has 3 N–H and O–H groups in total. The van der Waals surface area contributed by atoms with Crippen LogP contribution in [0.25, 0.3) is 0 Å². The van der Waals surface area contributed by atoms with Gasteiger partial charge in [-0.3, -0.25) is 0 Å². The van der Waals surface area contributed by atoms with Crippen LogP contribution in [0.3, 0.4) is 0 Å². The summed E-state index contributed by atoms with van der Waals surface area (Å²) in [6, 6.07) is 2.15. The lowest BCUT2D eigenvalue weighted by atomic mass is 10.2. The van der Waals surface area contributed by atoms with Crippen molar-refractivity contribution in [3.63, 3.8) is 0 Å². The second kappa shape index (κ2) is 5.56. The van der Waals surface area contributed by atoms with Crippen LogP contribution in [0, 0.1) is 0 Å². The minimum absolute atomic E-state index is 0.111. The minimum atomic E-state index is 0.111. The number of aliphatic hydroxyl groups is 1.